The molecule has 0 bridgehead atoms. The Bertz CT molecular complexity index is 1270. The fourth-order valence-electron chi connectivity index (χ4n) is 5.28. The van der Waals surface area contributed by atoms with Gasteiger partial charge in [-0.3, -0.25) is 29.2 Å². The minimum atomic E-state index is -1.16. The normalized spacial score (nSPS) is 21.0. The number of hydrogen-bond acceptors (Lipinski definition) is 7. The number of nitrogens with zero attached hydrogens (tertiary/aromatic N) is 3. The Morgan fingerprint density at radius 3 is 2.32 bits per heavy atom. The summed E-state index contributed by atoms with van der Waals surface area (Å²) < 4.78 is 0. The van der Waals surface area contributed by atoms with Crippen LogP contribution in [0.4, 0.5) is 0 Å². The van der Waals surface area contributed by atoms with Crippen molar-refractivity contribution in [1.82, 2.24) is 20.7 Å². The number of amides is 3. The summed E-state index contributed by atoms with van der Waals surface area (Å²) in [6.45, 7) is 1.43. The number of nitrogens with two attached hydrogens (primary N) is 3. The molecule has 3 atom stereocenters. The van der Waals surface area contributed by atoms with E-state index < -0.39 is 35.2 Å². The number of benzene rings is 2. The van der Waals surface area contributed by atoms with E-state index in [0.717, 1.165) is 11.1 Å². The molecule has 0 aliphatic carbocycles. The van der Waals surface area contributed by atoms with Crippen LogP contribution in [0.3, 0.4) is 0 Å². The van der Waals surface area contributed by atoms with Crippen molar-refractivity contribution in [2.24, 2.45) is 22.2 Å². The van der Waals surface area contributed by atoms with Crippen molar-refractivity contribution >= 4 is 29.5 Å². The predicted octanol–water partition coefficient (Wildman–Crippen LogP) is -0.428. The predicted molar refractivity (Wildman–Crippen MR) is 154 cm³/mol. The Morgan fingerprint density at radius 1 is 1.00 bits per heavy atom. The van der Waals surface area contributed by atoms with Gasteiger partial charge in [0.1, 0.15) is 11.6 Å². The van der Waals surface area contributed by atoms with Gasteiger partial charge in [0, 0.05) is 26.2 Å². The Balaban J connectivity index is 1.45. The van der Waals surface area contributed by atoms with E-state index in [4.69, 9.17) is 17.2 Å². The van der Waals surface area contributed by atoms with Crippen molar-refractivity contribution in [2.45, 2.75) is 56.3 Å². The Morgan fingerprint density at radius 2 is 1.66 bits per heavy atom. The van der Waals surface area contributed by atoms with Gasteiger partial charge < -0.3 is 27.8 Å². The van der Waals surface area contributed by atoms with Crippen LogP contribution in [0.2, 0.25) is 0 Å². The van der Waals surface area contributed by atoms with Crippen LogP contribution in [0.15, 0.2) is 65.7 Å². The van der Waals surface area contributed by atoms with Crippen LogP contribution >= 0.6 is 0 Å². The second-order valence-corrected chi connectivity index (χ2v) is 10.5. The molecule has 3 amide bonds. The molecule has 1 unspecified atom stereocenters. The lowest BCUT2D eigenvalue weighted by Crippen LogP contribution is -2.67. The number of hydrogen-bond donors (Lipinski definition) is 5. The molecular formula is C29H38N8O4. The molecule has 0 radical (unpaired) electrons. The van der Waals surface area contributed by atoms with Crippen LogP contribution in [-0.4, -0.2) is 76.7 Å². The summed E-state index contributed by atoms with van der Waals surface area (Å²) in [6.07, 6.45) is 1.67. The van der Waals surface area contributed by atoms with Crippen molar-refractivity contribution in [2.75, 3.05) is 19.6 Å². The van der Waals surface area contributed by atoms with E-state index in [0.29, 0.717) is 38.8 Å². The highest BCUT2D eigenvalue weighted by Gasteiger charge is 2.51. The third-order valence-electron chi connectivity index (χ3n) is 7.47. The third kappa shape index (κ3) is 7.47. The van der Waals surface area contributed by atoms with Gasteiger partial charge in [-0.1, -0.05) is 60.7 Å². The van der Waals surface area contributed by atoms with Gasteiger partial charge in [0.2, 0.25) is 11.7 Å². The molecular weight excluding hydrogens is 524 g/mol. The number of nitrogens with one attached hydrogen (secondary N) is 2. The maximum absolute atomic E-state index is 13.7. The molecule has 4 rings (SSSR count). The Kier molecular flexibility index (Phi) is 9.69. The van der Waals surface area contributed by atoms with Crippen LogP contribution < -0.4 is 27.8 Å². The number of rotatable bonds is 12. The van der Waals surface area contributed by atoms with Crippen molar-refractivity contribution in [3.63, 3.8) is 0 Å². The zero-order valence-electron chi connectivity index (χ0n) is 23.0. The summed E-state index contributed by atoms with van der Waals surface area (Å²) in [5.74, 6) is -2.53. The summed E-state index contributed by atoms with van der Waals surface area (Å²) in [5, 5.41) is 8.64. The first kappa shape index (κ1) is 29.7. The second kappa shape index (κ2) is 13.4. The zero-order valence-corrected chi connectivity index (χ0v) is 23.0. The summed E-state index contributed by atoms with van der Waals surface area (Å²) in [5.41, 5.74) is 18.0. The third-order valence-corrected chi connectivity index (χ3v) is 7.47. The Hall–Kier alpha value is -4.29. The Labute approximate surface area is 239 Å². The second-order valence-electron chi connectivity index (χ2n) is 10.5. The summed E-state index contributed by atoms with van der Waals surface area (Å²) in [4.78, 5) is 57.1. The molecule has 0 saturated carbocycles. The number of aliphatic imine (C=N–C) groups is 1. The lowest BCUT2D eigenvalue weighted by molar-refractivity contribution is -0.165. The van der Waals surface area contributed by atoms with Gasteiger partial charge in [-0.2, -0.15) is 0 Å². The first-order chi connectivity index (χ1) is 19.7. The minimum Gasteiger partial charge on any atom is -0.370 e. The number of Topliss-reactive ketones (excluding diaryl/α,β-unsaturated/α-hetero) is 1. The standard InChI is InChI=1S/C29H38N8O4/c30-28(31)33-15-7-12-22(24(38)26(40)34-19-21-10-5-2-6-11-21)35-25(39)23-13-16-36-17-14-29(32,27(41)37(23)36)18-20-8-3-1-4-9-20/h1-6,8-11,22-23H,7,12-19,32H2,(H,34,40)(H,35,39)(H4,30,31,33)/t22?,23-,29+/m0/s1. The van der Waals surface area contributed by atoms with Crippen molar-refractivity contribution in [1.29, 1.82) is 0 Å². The van der Waals surface area contributed by atoms with Gasteiger partial charge in [0.25, 0.3) is 11.8 Å². The maximum Gasteiger partial charge on any atom is 0.289 e. The molecule has 8 N–H and O–H groups in total. The SMILES string of the molecule is NC(N)=NCCCC(NC(=O)[C@@H]1CCN2CC[C@@](N)(Cc3ccccc3)C(=O)N12)C(=O)C(=O)NCc1ccccc1. The quantitative estimate of drug-likeness (QED) is 0.0997. The van der Waals surface area contributed by atoms with Gasteiger partial charge in [-0.05, 0) is 43.2 Å². The van der Waals surface area contributed by atoms with E-state index in [-0.39, 0.29) is 31.4 Å². The molecule has 0 spiro atoms. The van der Waals surface area contributed by atoms with Gasteiger partial charge in [-0.25, -0.2) is 5.01 Å². The number of fused-ring (bicyclic) bond motifs is 1. The van der Waals surface area contributed by atoms with Crippen LogP contribution in [-0.2, 0) is 32.1 Å². The summed E-state index contributed by atoms with van der Waals surface area (Å²) in [7, 11) is 0. The highest BCUT2D eigenvalue weighted by Crippen LogP contribution is 2.31. The largest absolute Gasteiger partial charge is 0.370 e. The van der Waals surface area contributed by atoms with Crippen molar-refractivity contribution < 1.29 is 19.2 Å². The van der Waals surface area contributed by atoms with Gasteiger partial charge >= 0.3 is 0 Å². The topological polar surface area (TPSA) is 189 Å². The molecule has 2 aliphatic heterocycles. The molecule has 2 heterocycles. The molecule has 218 valence electrons. The summed E-state index contributed by atoms with van der Waals surface area (Å²) >= 11 is 0. The van der Waals surface area contributed by atoms with Crippen LogP contribution in [0, 0.1) is 0 Å². The fourth-order valence-corrected chi connectivity index (χ4v) is 5.28. The van der Waals surface area contributed by atoms with Crippen LogP contribution in [0.25, 0.3) is 0 Å². The van der Waals surface area contributed by atoms with Crippen LogP contribution in [0.5, 0.6) is 0 Å². The molecule has 12 heteroatoms. The van der Waals surface area contributed by atoms with E-state index in [2.05, 4.69) is 15.6 Å². The number of carbonyl (C=O) groups is 4. The average Bonchev–Trinajstić information content (AvgIpc) is 3.41. The number of hydrazine groups is 1. The lowest BCUT2D eigenvalue weighted by Gasteiger charge is -2.44. The number of guanidine groups is 1. The first-order valence-electron chi connectivity index (χ1n) is 13.8. The van der Waals surface area contributed by atoms with Gasteiger partial charge in [-0.15, -0.1) is 0 Å². The summed E-state index contributed by atoms with van der Waals surface area (Å²) in [6, 6.07) is 16.7. The van der Waals surface area contributed by atoms with E-state index in [1.54, 1.807) is 0 Å². The highest BCUT2D eigenvalue weighted by atomic mass is 16.2. The van der Waals surface area contributed by atoms with E-state index in [9.17, 15) is 19.2 Å². The molecule has 2 aromatic rings. The zero-order chi connectivity index (χ0) is 29.4. The maximum atomic E-state index is 13.7. The monoisotopic (exact) mass is 562 g/mol. The van der Waals surface area contributed by atoms with Crippen molar-refractivity contribution in [3.05, 3.63) is 71.8 Å². The number of carbonyl (C=O) groups excluding carboxylic acids is 4. The molecule has 12 nitrogen and oxygen atoms in total. The molecule has 41 heavy (non-hydrogen) atoms. The average molecular weight is 563 g/mol. The van der Waals surface area contributed by atoms with Crippen molar-refractivity contribution in [3.8, 4) is 0 Å². The van der Waals surface area contributed by atoms with E-state index in [1.165, 1.54) is 5.01 Å². The minimum absolute atomic E-state index is 0.0899. The van der Waals surface area contributed by atoms with Gasteiger partial charge in [0.15, 0.2) is 5.96 Å². The highest BCUT2D eigenvalue weighted by molar-refractivity contribution is 6.38. The van der Waals surface area contributed by atoms with E-state index >= 15 is 0 Å². The van der Waals surface area contributed by atoms with E-state index in [1.807, 2.05) is 65.7 Å². The number of ketones is 1. The fraction of sp³-hybridized carbons (Fsp3) is 0.414. The smallest absolute Gasteiger partial charge is 0.289 e. The molecule has 2 saturated heterocycles. The molecule has 2 aromatic carbocycles. The molecule has 0 aromatic heterocycles. The first-order valence-corrected chi connectivity index (χ1v) is 13.8. The lowest BCUT2D eigenvalue weighted by atomic mass is 9.85. The molecule has 2 fully saturated rings. The van der Waals surface area contributed by atoms with Crippen LogP contribution in [0.1, 0.15) is 36.8 Å². The molecule has 2 aliphatic rings. The van der Waals surface area contributed by atoms with Gasteiger partial charge in [0.05, 0.1) is 6.04 Å².